The molecular weight excluding hydrogens is 228 g/mol. The van der Waals surface area contributed by atoms with E-state index in [4.69, 9.17) is 15.2 Å². The van der Waals surface area contributed by atoms with Gasteiger partial charge in [-0.25, -0.2) is 0 Å². The van der Waals surface area contributed by atoms with Crippen molar-refractivity contribution >= 4 is 5.69 Å². The first-order valence-electron chi connectivity index (χ1n) is 6.23. The average molecular weight is 252 g/mol. The molecule has 2 N–H and O–H groups in total. The average Bonchev–Trinajstić information content (AvgIpc) is 2.35. The van der Waals surface area contributed by atoms with Gasteiger partial charge in [0.2, 0.25) is 0 Å². The van der Waals surface area contributed by atoms with E-state index in [0.717, 1.165) is 36.7 Å². The minimum atomic E-state index is 0.461. The van der Waals surface area contributed by atoms with Crippen LogP contribution in [-0.4, -0.2) is 38.3 Å². The van der Waals surface area contributed by atoms with E-state index in [2.05, 4.69) is 18.7 Å². The van der Waals surface area contributed by atoms with E-state index in [1.165, 1.54) is 0 Å². The molecule has 0 saturated heterocycles. The third-order valence-electron chi connectivity index (χ3n) is 3.00. The number of ether oxygens (including phenoxy) is 2. The van der Waals surface area contributed by atoms with E-state index in [1.807, 2.05) is 18.2 Å². The van der Waals surface area contributed by atoms with Crippen LogP contribution in [0.3, 0.4) is 0 Å². The van der Waals surface area contributed by atoms with Crippen LogP contribution in [0.15, 0.2) is 18.2 Å². The zero-order valence-electron chi connectivity index (χ0n) is 11.8. The number of nitrogen functional groups attached to an aromatic ring is 1. The largest absolute Gasteiger partial charge is 0.496 e. The van der Waals surface area contributed by atoms with Crippen molar-refractivity contribution < 1.29 is 9.47 Å². The minimum Gasteiger partial charge on any atom is -0.496 e. The van der Waals surface area contributed by atoms with Crippen LogP contribution in [-0.2, 0) is 11.3 Å². The third-order valence-corrected chi connectivity index (χ3v) is 3.00. The molecule has 0 aliphatic rings. The molecule has 0 fully saturated rings. The first-order chi connectivity index (χ1) is 8.58. The lowest BCUT2D eigenvalue weighted by Crippen LogP contribution is -2.33. The van der Waals surface area contributed by atoms with Gasteiger partial charge in [-0.3, -0.25) is 4.90 Å². The molecule has 102 valence electrons. The molecule has 0 atom stereocenters. The topological polar surface area (TPSA) is 47.7 Å². The van der Waals surface area contributed by atoms with Crippen molar-refractivity contribution in [2.24, 2.45) is 0 Å². The molecule has 0 aromatic heterocycles. The molecule has 1 rings (SSSR count). The van der Waals surface area contributed by atoms with E-state index in [9.17, 15) is 0 Å². The van der Waals surface area contributed by atoms with Crippen LogP contribution in [0.1, 0.15) is 19.4 Å². The van der Waals surface area contributed by atoms with Gasteiger partial charge in [0.15, 0.2) is 0 Å². The van der Waals surface area contributed by atoms with Crippen LogP contribution in [0, 0.1) is 0 Å². The lowest BCUT2D eigenvalue weighted by atomic mass is 10.1. The summed E-state index contributed by atoms with van der Waals surface area (Å²) < 4.78 is 10.5. The summed E-state index contributed by atoms with van der Waals surface area (Å²) in [5, 5.41) is 0. The zero-order valence-corrected chi connectivity index (χ0v) is 11.8. The fourth-order valence-electron chi connectivity index (χ4n) is 1.84. The first-order valence-corrected chi connectivity index (χ1v) is 6.23. The summed E-state index contributed by atoms with van der Waals surface area (Å²) in [6.45, 7) is 6.83. The van der Waals surface area contributed by atoms with Gasteiger partial charge in [-0.15, -0.1) is 0 Å². The van der Waals surface area contributed by atoms with Gasteiger partial charge < -0.3 is 15.2 Å². The summed E-state index contributed by atoms with van der Waals surface area (Å²) in [5.74, 6) is 0.845. The van der Waals surface area contributed by atoms with Gasteiger partial charge in [-0.1, -0.05) is 6.07 Å². The van der Waals surface area contributed by atoms with Crippen LogP contribution < -0.4 is 10.5 Å². The molecule has 0 aliphatic heterocycles. The molecule has 0 heterocycles. The minimum absolute atomic E-state index is 0.461. The SMILES string of the molecule is COCCN(Cc1ccc(N)cc1OC)C(C)C. The van der Waals surface area contributed by atoms with Crippen LogP contribution in [0.25, 0.3) is 0 Å². The predicted molar refractivity (Wildman–Crippen MR) is 74.8 cm³/mol. The van der Waals surface area contributed by atoms with Gasteiger partial charge in [0.05, 0.1) is 13.7 Å². The summed E-state index contributed by atoms with van der Waals surface area (Å²) in [4.78, 5) is 2.34. The molecule has 0 aliphatic carbocycles. The molecule has 0 radical (unpaired) electrons. The second-order valence-electron chi connectivity index (χ2n) is 4.63. The summed E-state index contributed by atoms with van der Waals surface area (Å²) in [6.07, 6.45) is 0. The fourth-order valence-corrected chi connectivity index (χ4v) is 1.84. The van der Waals surface area contributed by atoms with Crippen molar-refractivity contribution in [2.45, 2.75) is 26.4 Å². The summed E-state index contributed by atoms with van der Waals surface area (Å²) in [5.41, 5.74) is 7.64. The molecule has 0 unspecified atom stereocenters. The molecule has 4 heteroatoms. The maximum atomic E-state index is 5.76. The highest BCUT2D eigenvalue weighted by molar-refractivity contribution is 5.48. The lowest BCUT2D eigenvalue weighted by molar-refractivity contribution is 0.124. The Morgan fingerprint density at radius 3 is 2.56 bits per heavy atom. The molecule has 18 heavy (non-hydrogen) atoms. The summed E-state index contributed by atoms with van der Waals surface area (Å²) >= 11 is 0. The number of hydrogen-bond acceptors (Lipinski definition) is 4. The van der Waals surface area contributed by atoms with Crippen molar-refractivity contribution in [1.82, 2.24) is 4.90 Å². The Balaban J connectivity index is 2.79. The van der Waals surface area contributed by atoms with Crippen LogP contribution in [0.2, 0.25) is 0 Å². The first kappa shape index (κ1) is 14.8. The molecular formula is C14H24N2O2. The van der Waals surface area contributed by atoms with Gasteiger partial charge in [0, 0.05) is 43.6 Å². The van der Waals surface area contributed by atoms with E-state index in [-0.39, 0.29) is 0 Å². The van der Waals surface area contributed by atoms with E-state index in [0.29, 0.717) is 6.04 Å². The van der Waals surface area contributed by atoms with E-state index < -0.39 is 0 Å². The van der Waals surface area contributed by atoms with Gasteiger partial charge in [-0.05, 0) is 19.9 Å². The van der Waals surface area contributed by atoms with E-state index in [1.54, 1.807) is 14.2 Å². The Labute approximate surface area is 110 Å². The van der Waals surface area contributed by atoms with Crippen molar-refractivity contribution in [1.29, 1.82) is 0 Å². The van der Waals surface area contributed by atoms with Crippen molar-refractivity contribution in [3.63, 3.8) is 0 Å². The summed E-state index contributed by atoms with van der Waals surface area (Å²) in [6, 6.07) is 6.26. The highest BCUT2D eigenvalue weighted by Gasteiger charge is 2.12. The number of nitrogens with two attached hydrogens (primary N) is 1. The Kier molecular flexibility index (Phi) is 5.95. The molecule has 1 aromatic carbocycles. The number of benzene rings is 1. The Bertz CT molecular complexity index is 367. The van der Waals surface area contributed by atoms with Crippen LogP contribution >= 0.6 is 0 Å². The van der Waals surface area contributed by atoms with Gasteiger partial charge >= 0.3 is 0 Å². The smallest absolute Gasteiger partial charge is 0.125 e. The quantitative estimate of drug-likeness (QED) is 0.755. The number of rotatable bonds is 7. The number of methoxy groups -OCH3 is 2. The normalized spacial score (nSPS) is 11.2. The predicted octanol–water partition coefficient (Wildman–Crippen LogP) is 2.13. The maximum absolute atomic E-state index is 5.76. The van der Waals surface area contributed by atoms with Crippen LogP contribution in [0.4, 0.5) is 5.69 Å². The summed E-state index contributed by atoms with van der Waals surface area (Å²) in [7, 11) is 3.40. The zero-order chi connectivity index (χ0) is 13.5. The number of anilines is 1. The third kappa shape index (κ3) is 4.20. The fraction of sp³-hybridized carbons (Fsp3) is 0.571. The molecule has 4 nitrogen and oxygen atoms in total. The van der Waals surface area contributed by atoms with Crippen LogP contribution in [0.5, 0.6) is 5.75 Å². The van der Waals surface area contributed by atoms with E-state index >= 15 is 0 Å². The molecule has 0 saturated carbocycles. The lowest BCUT2D eigenvalue weighted by Gasteiger charge is -2.27. The Morgan fingerprint density at radius 2 is 2.00 bits per heavy atom. The standard InChI is InChI=1S/C14H24N2O2/c1-11(2)16(7-8-17-3)10-12-5-6-13(15)9-14(12)18-4/h5-6,9,11H,7-8,10,15H2,1-4H3. The monoisotopic (exact) mass is 252 g/mol. The second kappa shape index (κ2) is 7.24. The molecule has 0 bridgehead atoms. The van der Waals surface area contributed by atoms with Crippen molar-refractivity contribution in [3.8, 4) is 5.75 Å². The van der Waals surface area contributed by atoms with Crippen molar-refractivity contribution in [3.05, 3.63) is 23.8 Å². The highest BCUT2D eigenvalue weighted by Crippen LogP contribution is 2.23. The van der Waals surface area contributed by atoms with Gasteiger partial charge in [-0.2, -0.15) is 0 Å². The second-order valence-corrected chi connectivity index (χ2v) is 4.63. The highest BCUT2D eigenvalue weighted by atomic mass is 16.5. The van der Waals surface area contributed by atoms with Gasteiger partial charge in [0.25, 0.3) is 0 Å². The molecule has 1 aromatic rings. The Hall–Kier alpha value is -1.26. The maximum Gasteiger partial charge on any atom is 0.125 e. The van der Waals surface area contributed by atoms with Crippen molar-refractivity contribution in [2.75, 3.05) is 33.1 Å². The molecule has 0 spiro atoms. The van der Waals surface area contributed by atoms with Gasteiger partial charge in [0.1, 0.15) is 5.75 Å². The number of hydrogen-bond donors (Lipinski definition) is 1. The Morgan fingerprint density at radius 1 is 1.28 bits per heavy atom. The molecule has 0 amide bonds. The number of nitrogens with zero attached hydrogens (tertiary/aromatic N) is 1.